The lowest BCUT2D eigenvalue weighted by atomic mass is 9.44. The van der Waals surface area contributed by atoms with Crippen LogP contribution in [0.4, 0.5) is 13.2 Å². The van der Waals surface area contributed by atoms with Gasteiger partial charge in [0, 0.05) is 11.0 Å². The number of halogens is 3. The van der Waals surface area contributed by atoms with Crippen molar-refractivity contribution in [3.63, 3.8) is 0 Å². The van der Waals surface area contributed by atoms with Crippen LogP contribution in [0.5, 0.6) is 0 Å². The molecular formula is C21H28F3NO. The van der Waals surface area contributed by atoms with Gasteiger partial charge in [0.05, 0.1) is 6.07 Å². The summed E-state index contributed by atoms with van der Waals surface area (Å²) in [5, 5.41) is 20.0. The lowest BCUT2D eigenvalue weighted by Gasteiger charge is -2.60. The summed E-state index contributed by atoms with van der Waals surface area (Å²) >= 11 is 0. The average Bonchev–Trinajstić information content (AvgIpc) is 2.86. The summed E-state index contributed by atoms with van der Waals surface area (Å²) < 4.78 is 41.2. The molecule has 2 nitrogen and oxygen atoms in total. The highest BCUT2D eigenvalue weighted by Crippen LogP contribution is 2.70. The van der Waals surface area contributed by atoms with E-state index in [-0.39, 0.29) is 23.7 Å². The molecule has 4 aliphatic rings. The standard InChI is InChI=1S/C21H28F3NO/c1-18-11-13(12-25)3-4-14(18)5-6-15-16(18)7-9-19(2)17(15)8-10-20(19,26)21(22,23)24/h3,14-17,26H,4-11H2,1-2H3/t14?,15-,16-,17+,18+,19+,20?/m1/s1. The first-order valence-electron chi connectivity index (χ1n) is 9.95. The molecule has 4 aliphatic carbocycles. The van der Waals surface area contributed by atoms with Crippen molar-refractivity contribution >= 4 is 0 Å². The van der Waals surface area contributed by atoms with Crippen molar-refractivity contribution in [3.8, 4) is 6.07 Å². The Kier molecular flexibility index (Phi) is 3.88. The van der Waals surface area contributed by atoms with Crippen molar-refractivity contribution in [1.29, 1.82) is 5.26 Å². The third-order valence-corrected chi connectivity index (χ3v) is 9.05. The van der Waals surface area contributed by atoms with Crippen molar-refractivity contribution in [2.24, 2.45) is 34.5 Å². The number of rotatable bonds is 0. The van der Waals surface area contributed by atoms with E-state index in [0.717, 1.165) is 37.7 Å². The van der Waals surface area contributed by atoms with E-state index >= 15 is 0 Å². The zero-order valence-electron chi connectivity index (χ0n) is 15.6. The molecule has 144 valence electrons. The van der Waals surface area contributed by atoms with E-state index in [4.69, 9.17) is 0 Å². The molecule has 0 saturated heterocycles. The van der Waals surface area contributed by atoms with Gasteiger partial charge in [-0.2, -0.15) is 18.4 Å². The first-order valence-corrected chi connectivity index (χ1v) is 9.95. The van der Waals surface area contributed by atoms with E-state index in [1.807, 2.05) is 0 Å². The van der Waals surface area contributed by atoms with Gasteiger partial charge in [-0.1, -0.05) is 19.9 Å². The molecule has 0 heterocycles. The highest BCUT2D eigenvalue weighted by atomic mass is 19.4. The van der Waals surface area contributed by atoms with Crippen LogP contribution in [0.15, 0.2) is 11.6 Å². The molecule has 0 bridgehead atoms. The Labute approximate surface area is 153 Å². The number of hydrogen-bond donors (Lipinski definition) is 1. The normalized spacial score (nSPS) is 50.9. The monoisotopic (exact) mass is 367 g/mol. The summed E-state index contributed by atoms with van der Waals surface area (Å²) in [7, 11) is 0. The Bertz CT molecular complexity index is 680. The van der Waals surface area contributed by atoms with E-state index in [9.17, 15) is 23.5 Å². The Morgan fingerprint density at radius 2 is 1.81 bits per heavy atom. The highest BCUT2D eigenvalue weighted by Gasteiger charge is 2.72. The van der Waals surface area contributed by atoms with Gasteiger partial charge in [0.25, 0.3) is 0 Å². The minimum absolute atomic E-state index is 0.0169. The second kappa shape index (κ2) is 5.50. The van der Waals surface area contributed by atoms with E-state index in [1.165, 1.54) is 0 Å². The number of nitrogens with zero attached hydrogens (tertiary/aromatic N) is 1. The second-order valence-corrected chi connectivity index (χ2v) is 9.76. The molecule has 0 radical (unpaired) electrons. The van der Waals surface area contributed by atoms with Crippen LogP contribution in [-0.2, 0) is 0 Å². The summed E-state index contributed by atoms with van der Waals surface area (Å²) in [4.78, 5) is 0. The fourth-order valence-corrected chi connectivity index (χ4v) is 7.53. The number of aliphatic hydroxyl groups is 1. The summed E-state index contributed by atoms with van der Waals surface area (Å²) in [5.41, 5.74) is -2.75. The van der Waals surface area contributed by atoms with Gasteiger partial charge < -0.3 is 5.11 Å². The van der Waals surface area contributed by atoms with Crippen molar-refractivity contribution < 1.29 is 18.3 Å². The van der Waals surface area contributed by atoms with Gasteiger partial charge in [-0.15, -0.1) is 0 Å². The topological polar surface area (TPSA) is 44.0 Å². The van der Waals surface area contributed by atoms with Crippen LogP contribution >= 0.6 is 0 Å². The zero-order valence-corrected chi connectivity index (χ0v) is 15.6. The summed E-state index contributed by atoms with van der Waals surface area (Å²) in [6.45, 7) is 3.96. The van der Waals surface area contributed by atoms with Gasteiger partial charge in [-0.3, -0.25) is 0 Å². The van der Waals surface area contributed by atoms with Crippen molar-refractivity contribution in [3.05, 3.63) is 11.6 Å². The number of nitriles is 1. The Hall–Kier alpha value is -1.02. The predicted octanol–water partition coefficient (Wildman–Crippen LogP) is 5.38. The van der Waals surface area contributed by atoms with Crippen LogP contribution in [0.1, 0.15) is 65.2 Å². The molecule has 0 spiro atoms. The van der Waals surface area contributed by atoms with Crippen LogP contribution < -0.4 is 0 Å². The second-order valence-electron chi connectivity index (χ2n) is 9.76. The molecule has 3 saturated carbocycles. The van der Waals surface area contributed by atoms with Crippen LogP contribution in [0, 0.1) is 45.8 Å². The first kappa shape index (κ1) is 18.3. The van der Waals surface area contributed by atoms with E-state index in [1.54, 1.807) is 6.92 Å². The Morgan fingerprint density at radius 1 is 1.12 bits per heavy atom. The lowest BCUT2D eigenvalue weighted by molar-refractivity contribution is -0.304. The van der Waals surface area contributed by atoms with Crippen molar-refractivity contribution in [1.82, 2.24) is 0 Å². The maximum atomic E-state index is 13.7. The van der Waals surface area contributed by atoms with E-state index in [0.29, 0.717) is 24.7 Å². The summed E-state index contributed by atoms with van der Waals surface area (Å²) in [6.07, 6.45) is 2.67. The number of allylic oxidation sites excluding steroid dienone is 2. The molecule has 2 unspecified atom stereocenters. The number of alkyl halides is 3. The van der Waals surface area contributed by atoms with Gasteiger partial charge in [0.2, 0.25) is 0 Å². The van der Waals surface area contributed by atoms with Crippen LogP contribution in [-0.4, -0.2) is 16.9 Å². The molecule has 5 heteroatoms. The molecule has 0 aromatic carbocycles. The smallest absolute Gasteiger partial charge is 0.380 e. The lowest BCUT2D eigenvalue weighted by Crippen LogP contribution is -2.60. The average molecular weight is 367 g/mol. The summed E-state index contributed by atoms with van der Waals surface area (Å²) in [6, 6.07) is 2.32. The van der Waals surface area contributed by atoms with Gasteiger partial charge in [-0.25, -0.2) is 0 Å². The molecule has 26 heavy (non-hydrogen) atoms. The molecule has 1 N–H and O–H groups in total. The molecule has 0 aromatic heterocycles. The fourth-order valence-electron chi connectivity index (χ4n) is 7.53. The molecule has 3 fully saturated rings. The Balaban J connectivity index is 1.68. The highest BCUT2D eigenvalue weighted by molar-refractivity contribution is 5.27. The summed E-state index contributed by atoms with van der Waals surface area (Å²) in [5.74, 6) is 1.08. The van der Waals surface area contributed by atoms with Crippen LogP contribution in [0.25, 0.3) is 0 Å². The minimum atomic E-state index is -4.56. The molecule has 0 aromatic rings. The molecule has 0 aliphatic heterocycles. The maximum Gasteiger partial charge on any atom is 0.417 e. The van der Waals surface area contributed by atoms with Gasteiger partial charge in [0.1, 0.15) is 0 Å². The van der Waals surface area contributed by atoms with Crippen LogP contribution in [0.3, 0.4) is 0 Å². The van der Waals surface area contributed by atoms with E-state index in [2.05, 4.69) is 19.1 Å². The third kappa shape index (κ3) is 2.14. The van der Waals surface area contributed by atoms with Gasteiger partial charge >= 0.3 is 6.18 Å². The van der Waals surface area contributed by atoms with Crippen LogP contribution in [0.2, 0.25) is 0 Å². The quantitative estimate of drug-likeness (QED) is 0.624. The molecular weight excluding hydrogens is 339 g/mol. The predicted molar refractivity (Wildman–Crippen MR) is 91.8 cm³/mol. The van der Waals surface area contributed by atoms with Gasteiger partial charge in [0.15, 0.2) is 5.60 Å². The minimum Gasteiger partial charge on any atom is -0.380 e. The van der Waals surface area contributed by atoms with E-state index < -0.39 is 17.2 Å². The van der Waals surface area contributed by atoms with Gasteiger partial charge in [-0.05, 0) is 80.5 Å². The van der Waals surface area contributed by atoms with Crippen molar-refractivity contribution in [2.75, 3.05) is 0 Å². The van der Waals surface area contributed by atoms with Crippen molar-refractivity contribution in [2.45, 2.75) is 77.0 Å². The number of hydrogen-bond acceptors (Lipinski definition) is 2. The largest absolute Gasteiger partial charge is 0.417 e. The molecule has 4 rings (SSSR count). The molecule has 7 atom stereocenters. The SMILES string of the molecule is C[C@]12CC(C#N)=CCC1CC[C@@H]1[C@H]2CC[C@@]2(C)[C@H]1CCC2(O)C(F)(F)F. The molecule has 0 amide bonds. The Morgan fingerprint density at radius 3 is 2.46 bits per heavy atom. The third-order valence-electron chi connectivity index (χ3n) is 9.05. The zero-order chi connectivity index (χ0) is 19.0. The fraction of sp³-hybridized carbons (Fsp3) is 0.857. The first-order chi connectivity index (χ1) is 12.1. The maximum absolute atomic E-state index is 13.7. The number of fused-ring (bicyclic) bond motifs is 5.